The number of allylic oxidation sites excluding steroid dienone is 3. The first-order valence-corrected chi connectivity index (χ1v) is 5.59. The number of nitrogens with one attached hydrogen (secondary N) is 1. The lowest BCUT2D eigenvalue weighted by Crippen LogP contribution is -1.98. The summed E-state index contributed by atoms with van der Waals surface area (Å²) in [5.74, 6) is -0.335. The van der Waals surface area contributed by atoms with Gasteiger partial charge in [-0.05, 0) is 31.5 Å². The van der Waals surface area contributed by atoms with Crippen molar-refractivity contribution < 1.29 is 9.90 Å². The largest absolute Gasteiger partial charge is 0.478 e. The molecule has 2 aromatic rings. The Morgan fingerprint density at radius 3 is 2.78 bits per heavy atom. The Balaban J connectivity index is 2.75. The van der Waals surface area contributed by atoms with Crippen molar-refractivity contribution in [2.75, 3.05) is 0 Å². The van der Waals surface area contributed by atoms with Crippen molar-refractivity contribution in [3.63, 3.8) is 0 Å². The third kappa shape index (κ3) is 1.93. The molecule has 0 atom stereocenters. The van der Waals surface area contributed by atoms with Crippen molar-refractivity contribution in [3.05, 3.63) is 47.8 Å². The number of aromatic nitrogens is 2. The van der Waals surface area contributed by atoms with Gasteiger partial charge in [0.05, 0.1) is 11.1 Å². The Labute approximate surface area is 105 Å². The number of aromatic carboxylic acids is 1. The number of fused-ring (bicyclic) bond motifs is 1. The minimum Gasteiger partial charge on any atom is -0.478 e. The number of hydrogen-bond donors (Lipinski definition) is 2. The Kier molecular flexibility index (Phi) is 3.02. The summed E-state index contributed by atoms with van der Waals surface area (Å²) in [6.07, 6.45) is 3.56. The predicted molar refractivity (Wildman–Crippen MR) is 71.6 cm³/mol. The second-order valence-electron chi connectivity index (χ2n) is 4.05. The second kappa shape index (κ2) is 4.49. The van der Waals surface area contributed by atoms with Gasteiger partial charge in [-0.1, -0.05) is 18.7 Å². The van der Waals surface area contributed by atoms with Crippen LogP contribution in [-0.4, -0.2) is 21.0 Å². The summed E-state index contributed by atoms with van der Waals surface area (Å²) in [5, 5.41) is 9.18. The number of rotatable bonds is 3. The number of imidazole rings is 1. The van der Waals surface area contributed by atoms with Gasteiger partial charge in [0.15, 0.2) is 0 Å². The summed E-state index contributed by atoms with van der Waals surface area (Å²) in [6, 6.07) is 3.51. The molecule has 0 fully saturated rings. The SMILES string of the molecule is C=C/C(=C\C)c1nc2c(C(=O)O)cc(C)cc2[nH]1. The molecule has 0 unspecified atom stereocenters. The van der Waals surface area contributed by atoms with Crippen LogP contribution in [-0.2, 0) is 0 Å². The molecule has 0 amide bonds. The van der Waals surface area contributed by atoms with Crippen LogP contribution in [0.1, 0.15) is 28.7 Å². The highest BCUT2D eigenvalue weighted by atomic mass is 16.4. The van der Waals surface area contributed by atoms with Crippen molar-refractivity contribution in [1.29, 1.82) is 0 Å². The zero-order chi connectivity index (χ0) is 13.3. The summed E-state index contributed by atoms with van der Waals surface area (Å²) in [7, 11) is 0. The molecule has 4 nitrogen and oxygen atoms in total. The molecule has 0 aliphatic rings. The number of aromatic amines is 1. The van der Waals surface area contributed by atoms with E-state index in [1.54, 1.807) is 12.1 Å². The minimum absolute atomic E-state index is 0.215. The third-order valence-electron chi connectivity index (χ3n) is 2.77. The van der Waals surface area contributed by atoms with Gasteiger partial charge in [-0.25, -0.2) is 9.78 Å². The molecule has 0 spiro atoms. The molecule has 92 valence electrons. The van der Waals surface area contributed by atoms with E-state index in [0.29, 0.717) is 11.3 Å². The summed E-state index contributed by atoms with van der Waals surface area (Å²) in [4.78, 5) is 18.7. The lowest BCUT2D eigenvalue weighted by molar-refractivity contribution is 0.0698. The number of H-pyrrole nitrogens is 1. The molecule has 0 radical (unpaired) electrons. The van der Waals surface area contributed by atoms with E-state index in [1.807, 2.05) is 26.0 Å². The molecule has 0 aliphatic heterocycles. The van der Waals surface area contributed by atoms with Crippen molar-refractivity contribution in [1.82, 2.24) is 9.97 Å². The van der Waals surface area contributed by atoms with Crippen LogP contribution in [0.4, 0.5) is 0 Å². The molecule has 0 saturated carbocycles. The summed E-state index contributed by atoms with van der Waals surface area (Å²) < 4.78 is 0. The first kappa shape index (κ1) is 12.1. The monoisotopic (exact) mass is 242 g/mol. The first-order chi connectivity index (χ1) is 8.56. The summed E-state index contributed by atoms with van der Waals surface area (Å²) in [6.45, 7) is 7.45. The zero-order valence-corrected chi connectivity index (χ0v) is 10.3. The van der Waals surface area contributed by atoms with Crippen LogP contribution in [0.5, 0.6) is 0 Å². The van der Waals surface area contributed by atoms with E-state index in [4.69, 9.17) is 0 Å². The fraction of sp³-hybridized carbons (Fsp3) is 0.143. The highest BCUT2D eigenvalue weighted by molar-refractivity contribution is 6.01. The lowest BCUT2D eigenvalue weighted by atomic mass is 10.1. The van der Waals surface area contributed by atoms with E-state index in [-0.39, 0.29) is 5.56 Å². The Hall–Kier alpha value is -2.36. The van der Waals surface area contributed by atoms with E-state index in [9.17, 15) is 9.90 Å². The summed E-state index contributed by atoms with van der Waals surface area (Å²) in [5.41, 5.74) is 3.15. The van der Waals surface area contributed by atoms with Crippen molar-refractivity contribution in [2.24, 2.45) is 0 Å². The molecule has 1 aromatic carbocycles. The van der Waals surface area contributed by atoms with Gasteiger partial charge in [0.2, 0.25) is 0 Å². The summed E-state index contributed by atoms with van der Waals surface area (Å²) >= 11 is 0. The van der Waals surface area contributed by atoms with Gasteiger partial charge in [-0.15, -0.1) is 0 Å². The van der Waals surface area contributed by atoms with Gasteiger partial charge in [0.1, 0.15) is 11.3 Å². The molecule has 0 bridgehead atoms. The number of carbonyl (C=O) groups is 1. The predicted octanol–water partition coefficient (Wildman–Crippen LogP) is 3.16. The topological polar surface area (TPSA) is 66.0 Å². The molecule has 1 heterocycles. The van der Waals surface area contributed by atoms with Gasteiger partial charge >= 0.3 is 5.97 Å². The van der Waals surface area contributed by atoms with Gasteiger partial charge in [-0.3, -0.25) is 0 Å². The van der Waals surface area contributed by atoms with Crippen LogP contribution >= 0.6 is 0 Å². The number of carboxylic acids is 1. The average Bonchev–Trinajstić information content (AvgIpc) is 2.72. The number of carboxylic acid groups (broad SMARTS) is 1. The number of nitrogens with zero attached hydrogens (tertiary/aromatic N) is 1. The fourth-order valence-corrected chi connectivity index (χ4v) is 1.91. The number of aryl methyl sites for hydroxylation is 1. The van der Waals surface area contributed by atoms with E-state index in [2.05, 4.69) is 16.5 Å². The minimum atomic E-state index is -0.970. The van der Waals surface area contributed by atoms with E-state index >= 15 is 0 Å². The first-order valence-electron chi connectivity index (χ1n) is 5.59. The second-order valence-corrected chi connectivity index (χ2v) is 4.05. The van der Waals surface area contributed by atoms with Crippen LogP contribution in [0.2, 0.25) is 0 Å². The average molecular weight is 242 g/mol. The van der Waals surface area contributed by atoms with Crippen LogP contribution < -0.4 is 0 Å². The molecular formula is C14H14N2O2. The Bertz CT molecular complexity index is 666. The van der Waals surface area contributed by atoms with E-state index in [0.717, 1.165) is 16.7 Å². The van der Waals surface area contributed by atoms with Crippen molar-refractivity contribution in [3.8, 4) is 0 Å². The van der Waals surface area contributed by atoms with E-state index < -0.39 is 5.97 Å². The molecule has 0 aliphatic carbocycles. The molecule has 1 aromatic heterocycles. The molecule has 0 saturated heterocycles. The van der Waals surface area contributed by atoms with E-state index in [1.165, 1.54) is 0 Å². The Morgan fingerprint density at radius 2 is 2.22 bits per heavy atom. The van der Waals surface area contributed by atoms with Crippen LogP contribution in [0.25, 0.3) is 16.6 Å². The van der Waals surface area contributed by atoms with Crippen LogP contribution in [0, 0.1) is 6.92 Å². The van der Waals surface area contributed by atoms with Gasteiger partial charge < -0.3 is 10.1 Å². The van der Waals surface area contributed by atoms with Gasteiger partial charge in [0.25, 0.3) is 0 Å². The smallest absolute Gasteiger partial charge is 0.337 e. The fourth-order valence-electron chi connectivity index (χ4n) is 1.91. The maximum absolute atomic E-state index is 11.2. The Morgan fingerprint density at radius 1 is 1.50 bits per heavy atom. The number of benzene rings is 1. The highest BCUT2D eigenvalue weighted by Crippen LogP contribution is 2.22. The van der Waals surface area contributed by atoms with Crippen molar-refractivity contribution >= 4 is 22.6 Å². The maximum atomic E-state index is 11.2. The van der Waals surface area contributed by atoms with Crippen molar-refractivity contribution in [2.45, 2.75) is 13.8 Å². The zero-order valence-electron chi connectivity index (χ0n) is 10.3. The standard InChI is InChI=1S/C14H14N2O2/c1-4-9(5-2)13-15-11-7-8(3)6-10(14(17)18)12(11)16-13/h4-7H,1H2,2-3H3,(H,15,16)(H,17,18)/b9-5+. The normalized spacial score (nSPS) is 11.8. The maximum Gasteiger partial charge on any atom is 0.337 e. The molecule has 4 heteroatoms. The van der Waals surface area contributed by atoms with Gasteiger partial charge in [-0.2, -0.15) is 0 Å². The molecule has 18 heavy (non-hydrogen) atoms. The molecule has 2 N–H and O–H groups in total. The van der Waals surface area contributed by atoms with Crippen LogP contribution in [0.15, 0.2) is 30.9 Å². The molecule has 2 rings (SSSR count). The quantitative estimate of drug-likeness (QED) is 0.812. The lowest BCUT2D eigenvalue weighted by Gasteiger charge is -1.97. The number of hydrogen-bond acceptors (Lipinski definition) is 2. The molecular weight excluding hydrogens is 228 g/mol. The van der Waals surface area contributed by atoms with Gasteiger partial charge in [0, 0.05) is 5.57 Å². The highest BCUT2D eigenvalue weighted by Gasteiger charge is 2.14. The van der Waals surface area contributed by atoms with Crippen LogP contribution in [0.3, 0.4) is 0 Å². The third-order valence-corrected chi connectivity index (χ3v) is 2.77.